The highest BCUT2D eigenvalue weighted by atomic mass is 15.2. The van der Waals surface area contributed by atoms with Crippen molar-refractivity contribution in [1.82, 2.24) is 18.5 Å². The van der Waals surface area contributed by atoms with Crippen LogP contribution in [-0.4, -0.2) is 18.5 Å². The summed E-state index contributed by atoms with van der Waals surface area (Å²) in [5, 5.41) is 2.37. The van der Waals surface area contributed by atoms with Crippen LogP contribution in [-0.2, 0) is 0 Å². The Balaban J connectivity index is 1.41. The summed E-state index contributed by atoms with van der Waals surface area (Å²) in [5.41, 5.74) is 13.4. The monoisotopic (exact) mass is 589 g/mol. The molecule has 0 saturated heterocycles. The Morgan fingerprint density at radius 1 is 0.435 bits per heavy atom. The zero-order valence-electron chi connectivity index (χ0n) is 24.8. The molecule has 0 radical (unpaired) electrons. The lowest BCUT2D eigenvalue weighted by Gasteiger charge is -2.29. The van der Waals surface area contributed by atoms with Crippen LogP contribution in [0.5, 0.6) is 0 Å². The molecule has 6 aromatic carbocycles. The van der Waals surface area contributed by atoms with Crippen LogP contribution in [0.25, 0.3) is 60.9 Å². The van der Waals surface area contributed by atoms with E-state index in [0.717, 1.165) is 67.1 Å². The highest BCUT2D eigenvalue weighted by Gasteiger charge is 2.25. The summed E-state index contributed by atoms with van der Waals surface area (Å²) in [6.07, 6.45) is 1.89. The Hall–Kier alpha value is -6.33. The molecule has 5 heteroatoms. The van der Waals surface area contributed by atoms with E-state index in [9.17, 15) is 0 Å². The number of hydrogen-bond acceptors (Lipinski definition) is 2. The van der Waals surface area contributed by atoms with Crippen molar-refractivity contribution in [2.75, 3.05) is 4.90 Å². The lowest BCUT2D eigenvalue weighted by Crippen LogP contribution is -2.15. The molecule has 46 heavy (non-hydrogen) atoms. The van der Waals surface area contributed by atoms with Crippen LogP contribution in [0.2, 0.25) is 0 Å². The van der Waals surface area contributed by atoms with E-state index in [1.807, 2.05) is 12.3 Å². The van der Waals surface area contributed by atoms with E-state index in [1.165, 1.54) is 10.9 Å². The van der Waals surface area contributed by atoms with E-state index in [1.54, 1.807) is 0 Å². The van der Waals surface area contributed by atoms with Gasteiger partial charge in [0.1, 0.15) is 5.65 Å². The first-order valence-electron chi connectivity index (χ1n) is 15.6. The predicted octanol–water partition coefficient (Wildman–Crippen LogP) is 10.4. The van der Waals surface area contributed by atoms with Gasteiger partial charge in [0.15, 0.2) is 0 Å². The number of benzene rings is 6. The third kappa shape index (κ3) is 3.42. The van der Waals surface area contributed by atoms with E-state index in [0.29, 0.717) is 0 Å². The van der Waals surface area contributed by atoms with Gasteiger partial charge < -0.3 is 14.0 Å². The van der Waals surface area contributed by atoms with Gasteiger partial charge in [-0.2, -0.15) is 0 Å². The second-order valence-corrected chi connectivity index (χ2v) is 11.7. The zero-order chi connectivity index (χ0) is 30.2. The molecule has 216 valence electrons. The van der Waals surface area contributed by atoms with Crippen molar-refractivity contribution < 1.29 is 0 Å². The molecule has 0 saturated carbocycles. The van der Waals surface area contributed by atoms with Gasteiger partial charge in [-0.1, -0.05) is 72.8 Å². The first kappa shape index (κ1) is 25.0. The predicted molar refractivity (Wildman–Crippen MR) is 190 cm³/mol. The molecule has 2 aromatic heterocycles. The van der Waals surface area contributed by atoms with Crippen LogP contribution < -0.4 is 4.90 Å². The van der Waals surface area contributed by atoms with Gasteiger partial charge in [-0.05, 0) is 84.9 Å². The minimum absolute atomic E-state index is 0.978. The number of nitrogens with zero attached hydrogens (tertiary/aromatic N) is 5. The van der Waals surface area contributed by atoms with Crippen LogP contribution in [0.3, 0.4) is 0 Å². The number of aromatic nitrogens is 4. The van der Waals surface area contributed by atoms with Crippen molar-refractivity contribution in [2.45, 2.75) is 0 Å². The number of anilines is 3. The molecule has 5 nitrogen and oxygen atoms in total. The van der Waals surface area contributed by atoms with Crippen molar-refractivity contribution in [3.05, 3.63) is 164 Å². The Labute approximate surface area is 264 Å². The lowest BCUT2D eigenvalue weighted by molar-refractivity contribution is 1.06. The van der Waals surface area contributed by atoms with Crippen LogP contribution in [0, 0.1) is 0 Å². The molecule has 0 spiro atoms. The van der Waals surface area contributed by atoms with Gasteiger partial charge >= 0.3 is 0 Å². The number of para-hydroxylation sites is 5. The maximum Gasteiger partial charge on any atom is 0.145 e. The number of rotatable bonds is 4. The van der Waals surface area contributed by atoms with Crippen LogP contribution in [0.1, 0.15) is 0 Å². The molecular weight excluding hydrogens is 562 g/mol. The topological polar surface area (TPSA) is 30.4 Å². The Morgan fingerprint density at radius 3 is 1.85 bits per heavy atom. The minimum atomic E-state index is 0.978. The first-order valence-corrected chi connectivity index (χ1v) is 15.6. The summed E-state index contributed by atoms with van der Waals surface area (Å²) in [4.78, 5) is 7.23. The Bertz CT molecular complexity index is 2640. The fourth-order valence-corrected chi connectivity index (χ4v) is 7.38. The smallest absolute Gasteiger partial charge is 0.145 e. The molecule has 2 aliphatic rings. The Morgan fingerprint density at radius 2 is 1.09 bits per heavy atom. The lowest BCUT2D eigenvalue weighted by atomic mass is 10.1. The van der Waals surface area contributed by atoms with Gasteiger partial charge in [0.25, 0.3) is 0 Å². The standard InChI is InChI=1S/C41H27N5/c1-4-13-28(14-5-1)43(29-15-6-2-7-16-29)31-24-25-34-38(27-31)44(30-17-8-3-9-18-30)36-22-11-23-37-40(36)45(34)35-21-10-19-32-33-20-12-26-42-41(33)46(37)39(32)35/h1-27H. The summed E-state index contributed by atoms with van der Waals surface area (Å²) in [6, 6.07) is 56.3. The molecule has 10 rings (SSSR count). The number of fused-ring (bicyclic) bond motifs is 7. The highest BCUT2D eigenvalue weighted by Crippen LogP contribution is 2.43. The molecule has 0 amide bonds. The molecule has 0 atom stereocenters. The highest BCUT2D eigenvalue weighted by molar-refractivity contribution is 6.16. The number of hydrogen-bond donors (Lipinski definition) is 0. The Kier molecular flexibility index (Phi) is 5.22. The van der Waals surface area contributed by atoms with Crippen molar-refractivity contribution >= 4 is 66.6 Å². The number of pyridine rings is 1. The van der Waals surface area contributed by atoms with Gasteiger partial charge in [-0.15, -0.1) is 0 Å². The average Bonchev–Trinajstić information content (AvgIpc) is 3.47. The van der Waals surface area contributed by atoms with Gasteiger partial charge in [0, 0.05) is 39.7 Å². The quantitative estimate of drug-likeness (QED) is 0.151. The van der Waals surface area contributed by atoms with Crippen molar-refractivity contribution in [1.29, 1.82) is 0 Å². The maximum absolute atomic E-state index is 4.90. The zero-order valence-corrected chi connectivity index (χ0v) is 24.8. The molecule has 0 fully saturated rings. The second-order valence-electron chi connectivity index (χ2n) is 11.7. The molecule has 4 heterocycles. The van der Waals surface area contributed by atoms with Crippen molar-refractivity contribution in [3.8, 4) is 11.4 Å². The van der Waals surface area contributed by atoms with Crippen LogP contribution in [0.4, 0.5) is 17.1 Å². The molecule has 0 N–H and O–H groups in total. The molecular formula is C41H27N5. The van der Waals surface area contributed by atoms with Crippen molar-refractivity contribution in [2.24, 2.45) is 0 Å². The summed E-state index contributed by atoms with van der Waals surface area (Å²) >= 11 is 0. The van der Waals surface area contributed by atoms with E-state index in [-0.39, 0.29) is 0 Å². The van der Waals surface area contributed by atoms with E-state index in [2.05, 4.69) is 170 Å². The minimum Gasteiger partial charge on any atom is -0.310 e. The first-order chi connectivity index (χ1) is 22.9. The molecule has 0 unspecified atom stereocenters. The molecule has 2 aliphatic heterocycles. The summed E-state index contributed by atoms with van der Waals surface area (Å²) < 4.78 is 7.22. The normalized spacial score (nSPS) is 11.9. The maximum atomic E-state index is 4.90. The van der Waals surface area contributed by atoms with Gasteiger partial charge in [-0.25, -0.2) is 4.98 Å². The fourth-order valence-electron chi connectivity index (χ4n) is 7.38. The van der Waals surface area contributed by atoms with E-state index in [4.69, 9.17) is 4.98 Å². The van der Waals surface area contributed by atoms with Gasteiger partial charge in [0.05, 0.1) is 38.8 Å². The molecule has 0 aliphatic carbocycles. The summed E-state index contributed by atoms with van der Waals surface area (Å²) in [7, 11) is 0. The third-order valence-electron chi connectivity index (χ3n) is 9.21. The van der Waals surface area contributed by atoms with E-state index >= 15 is 0 Å². The largest absolute Gasteiger partial charge is 0.310 e. The summed E-state index contributed by atoms with van der Waals surface area (Å²) in [5.74, 6) is 0. The molecule has 0 bridgehead atoms. The molecule has 8 aromatic rings. The van der Waals surface area contributed by atoms with E-state index < -0.39 is 0 Å². The second kappa shape index (κ2) is 9.58. The van der Waals surface area contributed by atoms with Crippen molar-refractivity contribution in [3.63, 3.8) is 0 Å². The van der Waals surface area contributed by atoms with Gasteiger partial charge in [-0.3, -0.25) is 4.40 Å². The average molecular weight is 590 g/mol. The van der Waals surface area contributed by atoms with Crippen LogP contribution >= 0.6 is 0 Å². The third-order valence-corrected chi connectivity index (χ3v) is 9.21. The fraction of sp³-hybridized carbons (Fsp3) is 0. The van der Waals surface area contributed by atoms with Crippen LogP contribution in [0.15, 0.2) is 164 Å². The van der Waals surface area contributed by atoms with Gasteiger partial charge in [0.2, 0.25) is 0 Å². The summed E-state index contributed by atoms with van der Waals surface area (Å²) in [6.45, 7) is 0. The SMILES string of the molecule is c1ccc(N(c2ccccc2)c2ccc3c(c2)n(-c2ccccc2)c2cccc4c2-n3c2cccc3c5cccnc5n4c32)cc1.